The summed E-state index contributed by atoms with van der Waals surface area (Å²) in [5.41, 5.74) is 1.32. The third kappa shape index (κ3) is 1.82. The first kappa shape index (κ1) is 11.9. The maximum absolute atomic E-state index is 12.7. The Morgan fingerprint density at radius 2 is 2.15 bits per heavy atom. The van der Waals surface area contributed by atoms with Gasteiger partial charge in [-0.25, -0.2) is 0 Å². The number of amides is 1. The van der Waals surface area contributed by atoms with Crippen LogP contribution in [0.15, 0.2) is 18.2 Å². The Kier molecular flexibility index (Phi) is 2.59. The van der Waals surface area contributed by atoms with Crippen molar-refractivity contribution < 1.29 is 14.3 Å². The molecule has 0 spiro atoms. The summed E-state index contributed by atoms with van der Waals surface area (Å²) < 4.78 is 5.32. The summed E-state index contributed by atoms with van der Waals surface area (Å²) in [6, 6.07) is 5.38. The second-order valence-electron chi connectivity index (χ2n) is 6.19. The first-order valence-corrected chi connectivity index (χ1v) is 7.31. The molecule has 3 aliphatic rings. The molecule has 4 nitrogen and oxygen atoms in total. The van der Waals surface area contributed by atoms with E-state index in [0.29, 0.717) is 22.9 Å². The summed E-state index contributed by atoms with van der Waals surface area (Å²) in [5, 5.41) is 2.76. The van der Waals surface area contributed by atoms with Crippen molar-refractivity contribution in [1.29, 1.82) is 0 Å². The zero-order chi connectivity index (χ0) is 13.7. The molecule has 1 heterocycles. The number of ketones is 1. The molecule has 2 fully saturated rings. The van der Waals surface area contributed by atoms with Gasteiger partial charge in [0.1, 0.15) is 5.75 Å². The number of Topliss-reactive ketones (excluding diaryl/α,β-unsaturated/α-hetero) is 1. The Hall–Kier alpha value is -1.84. The smallest absolute Gasteiger partial charge is 0.262 e. The topological polar surface area (TPSA) is 55.4 Å². The predicted octanol–water partition coefficient (Wildman–Crippen LogP) is 2.64. The van der Waals surface area contributed by atoms with E-state index in [9.17, 15) is 9.59 Å². The Morgan fingerprint density at radius 3 is 2.90 bits per heavy atom. The highest BCUT2D eigenvalue weighted by molar-refractivity contribution is 6.02. The van der Waals surface area contributed by atoms with E-state index in [-0.39, 0.29) is 24.2 Å². The Balaban J connectivity index is 1.61. The summed E-state index contributed by atoms with van der Waals surface area (Å²) in [4.78, 5) is 24.0. The monoisotopic (exact) mass is 271 g/mol. The van der Waals surface area contributed by atoms with E-state index in [4.69, 9.17) is 4.74 Å². The first-order valence-electron chi connectivity index (χ1n) is 7.31. The van der Waals surface area contributed by atoms with Crippen LogP contribution in [0.3, 0.4) is 0 Å². The predicted molar refractivity (Wildman–Crippen MR) is 73.8 cm³/mol. The summed E-state index contributed by atoms with van der Waals surface area (Å²) in [5.74, 6) is 2.24. The Labute approximate surface area is 117 Å². The first-order chi connectivity index (χ1) is 9.70. The van der Waals surface area contributed by atoms with Crippen LogP contribution in [-0.2, 0) is 4.79 Å². The molecule has 3 unspecified atom stereocenters. The lowest BCUT2D eigenvalue weighted by Crippen LogP contribution is -2.26. The zero-order valence-corrected chi connectivity index (χ0v) is 11.2. The summed E-state index contributed by atoms with van der Waals surface area (Å²) >= 11 is 0. The fourth-order valence-corrected chi connectivity index (χ4v) is 4.02. The fraction of sp³-hybridized carbons (Fsp3) is 0.500. The van der Waals surface area contributed by atoms with Gasteiger partial charge in [0.05, 0.1) is 5.69 Å². The number of benzene rings is 1. The van der Waals surface area contributed by atoms with Gasteiger partial charge in [-0.1, -0.05) is 6.42 Å². The van der Waals surface area contributed by atoms with Gasteiger partial charge in [0, 0.05) is 11.5 Å². The number of carbonyl (C=O) groups excluding carboxylic acids is 2. The molecule has 1 aromatic carbocycles. The maximum Gasteiger partial charge on any atom is 0.262 e. The molecule has 4 rings (SSSR count). The van der Waals surface area contributed by atoms with Crippen molar-refractivity contribution in [3.8, 4) is 5.75 Å². The fourth-order valence-electron chi connectivity index (χ4n) is 4.02. The number of anilines is 1. The minimum atomic E-state index is -0.165. The zero-order valence-electron chi connectivity index (χ0n) is 11.2. The van der Waals surface area contributed by atoms with Crippen LogP contribution in [0, 0.1) is 17.8 Å². The molecule has 4 heteroatoms. The van der Waals surface area contributed by atoms with Crippen molar-refractivity contribution >= 4 is 17.4 Å². The molecule has 2 aliphatic carbocycles. The van der Waals surface area contributed by atoms with E-state index in [0.717, 1.165) is 12.3 Å². The summed E-state index contributed by atoms with van der Waals surface area (Å²) in [7, 11) is 0. The molecule has 20 heavy (non-hydrogen) atoms. The minimum Gasteiger partial charge on any atom is -0.482 e. The Bertz CT molecular complexity index is 595. The number of carbonyl (C=O) groups is 2. The van der Waals surface area contributed by atoms with E-state index in [1.807, 2.05) is 6.07 Å². The van der Waals surface area contributed by atoms with Crippen LogP contribution in [0.25, 0.3) is 0 Å². The van der Waals surface area contributed by atoms with Gasteiger partial charge in [0.25, 0.3) is 5.91 Å². The van der Waals surface area contributed by atoms with Crippen molar-refractivity contribution in [3.05, 3.63) is 23.8 Å². The second kappa shape index (κ2) is 4.33. The highest BCUT2D eigenvalue weighted by atomic mass is 16.5. The standard InChI is InChI=1S/C16H17NO3/c18-15-8-20-14-4-3-11(7-13(14)17-15)16(19)12-6-9-1-2-10(12)5-9/h3-4,7,9-10,12H,1-2,5-6,8H2,(H,17,18). The summed E-state index contributed by atoms with van der Waals surface area (Å²) in [6.07, 6.45) is 4.76. The Morgan fingerprint density at radius 1 is 1.25 bits per heavy atom. The van der Waals surface area contributed by atoms with Gasteiger partial charge in [0.2, 0.25) is 0 Å². The van der Waals surface area contributed by atoms with Gasteiger partial charge in [-0.05, 0) is 49.3 Å². The van der Waals surface area contributed by atoms with Crippen LogP contribution in [0.4, 0.5) is 5.69 Å². The van der Waals surface area contributed by atoms with Crippen LogP contribution >= 0.6 is 0 Å². The molecular weight excluding hydrogens is 254 g/mol. The molecule has 0 aromatic heterocycles. The molecule has 104 valence electrons. The quantitative estimate of drug-likeness (QED) is 0.841. The lowest BCUT2D eigenvalue weighted by molar-refractivity contribution is -0.118. The molecule has 3 atom stereocenters. The third-order valence-corrected chi connectivity index (χ3v) is 4.97. The number of hydrogen-bond donors (Lipinski definition) is 1. The van der Waals surface area contributed by atoms with E-state index in [1.165, 1.54) is 19.3 Å². The molecule has 2 bridgehead atoms. The van der Waals surface area contributed by atoms with Crippen LogP contribution in [-0.4, -0.2) is 18.3 Å². The van der Waals surface area contributed by atoms with Gasteiger partial charge in [-0.2, -0.15) is 0 Å². The van der Waals surface area contributed by atoms with Gasteiger partial charge in [0.15, 0.2) is 12.4 Å². The number of rotatable bonds is 2. The molecule has 1 aromatic rings. The van der Waals surface area contributed by atoms with Crippen LogP contribution in [0.1, 0.15) is 36.0 Å². The van der Waals surface area contributed by atoms with E-state index < -0.39 is 0 Å². The average molecular weight is 271 g/mol. The van der Waals surface area contributed by atoms with Gasteiger partial charge in [-0.3, -0.25) is 9.59 Å². The molecule has 1 aliphatic heterocycles. The number of nitrogens with one attached hydrogen (secondary N) is 1. The number of ether oxygens (including phenoxy) is 1. The van der Waals surface area contributed by atoms with E-state index >= 15 is 0 Å². The van der Waals surface area contributed by atoms with E-state index in [2.05, 4.69) is 5.32 Å². The van der Waals surface area contributed by atoms with Crippen LogP contribution < -0.4 is 10.1 Å². The second-order valence-corrected chi connectivity index (χ2v) is 6.19. The van der Waals surface area contributed by atoms with Crippen molar-refractivity contribution in [2.24, 2.45) is 17.8 Å². The summed E-state index contributed by atoms with van der Waals surface area (Å²) in [6.45, 7) is 0.0483. The van der Waals surface area contributed by atoms with Crippen LogP contribution in [0.5, 0.6) is 5.75 Å². The van der Waals surface area contributed by atoms with Crippen LogP contribution in [0.2, 0.25) is 0 Å². The minimum absolute atomic E-state index is 0.0483. The van der Waals surface area contributed by atoms with Crippen molar-refractivity contribution in [1.82, 2.24) is 0 Å². The van der Waals surface area contributed by atoms with Crippen molar-refractivity contribution in [2.75, 3.05) is 11.9 Å². The highest BCUT2D eigenvalue weighted by Gasteiger charge is 2.43. The molecule has 0 saturated heterocycles. The van der Waals surface area contributed by atoms with E-state index in [1.54, 1.807) is 12.1 Å². The molecule has 2 saturated carbocycles. The molecule has 1 amide bonds. The molecular formula is C16H17NO3. The normalized spacial score (nSPS) is 30.6. The number of fused-ring (bicyclic) bond motifs is 3. The van der Waals surface area contributed by atoms with Crippen molar-refractivity contribution in [2.45, 2.75) is 25.7 Å². The molecule has 0 radical (unpaired) electrons. The van der Waals surface area contributed by atoms with Crippen molar-refractivity contribution in [3.63, 3.8) is 0 Å². The number of hydrogen-bond acceptors (Lipinski definition) is 3. The van der Waals surface area contributed by atoms with Gasteiger partial charge >= 0.3 is 0 Å². The molecule has 1 N–H and O–H groups in total. The lowest BCUT2D eigenvalue weighted by Gasteiger charge is -2.22. The average Bonchev–Trinajstić information content (AvgIpc) is 3.08. The third-order valence-electron chi connectivity index (χ3n) is 4.97. The largest absolute Gasteiger partial charge is 0.482 e. The van der Waals surface area contributed by atoms with Gasteiger partial charge < -0.3 is 10.1 Å². The maximum atomic E-state index is 12.7. The highest BCUT2D eigenvalue weighted by Crippen LogP contribution is 2.49. The van der Waals surface area contributed by atoms with Gasteiger partial charge in [-0.15, -0.1) is 0 Å². The lowest BCUT2D eigenvalue weighted by atomic mass is 9.83. The SMILES string of the molecule is O=C1COc2ccc(C(=O)C3CC4CCC3C4)cc2N1.